The molecule has 0 spiro atoms. The standard InChI is InChI=1S/C15H19ClN4O3S/c1-23-15-5-4-11(16)7-14(15)20-10-13(9-18-20)24(21,22)19-12-3-2-6-17-8-12/h4-5,7,9-10,12,17,19H,2-3,6,8H2,1H3/t12-/m0/s1. The topological polar surface area (TPSA) is 85.2 Å². The fraction of sp³-hybridized carbons (Fsp3) is 0.400. The van der Waals surface area contributed by atoms with E-state index in [1.165, 1.54) is 24.2 Å². The number of halogens is 1. The third-order valence-corrected chi connectivity index (χ3v) is 5.59. The molecule has 1 aliphatic heterocycles. The summed E-state index contributed by atoms with van der Waals surface area (Å²) in [5.41, 5.74) is 0.575. The molecule has 3 rings (SSSR count). The molecule has 7 nitrogen and oxygen atoms in total. The molecule has 2 heterocycles. The fourth-order valence-electron chi connectivity index (χ4n) is 2.66. The molecule has 9 heteroatoms. The normalized spacial score (nSPS) is 18.5. The minimum atomic E-state index is -3.62. The minimum absolute atomic E-state index is 0.104. The fourth-order valence-corrected chi connectivity index (χ4v) is 4.03. The first kappa shape index (κ1) is 17.2. The van der Waals surface area contributed by atoms with Crippen molar-refractivity contribution in [1.82, 2.24) is 19.8 Å². The summed E-state index contributed by atoms with van der Waals surface area (Å²) in [5, 5.41) is 7.83. The third-order valence-electron chi connectivity index (χ3n) is 3.88. The number of methoxy groups -OCH3 is 1. The van der Waals surface area contributed by atoms with Gasteiger partial charge in [0.05, 0.1) is 19.5 Å². The Kier molecular flexibility index (Phi) is 5.09. The number of nitrogens with one attached hydrogen (secondary N) is 2. The van der Waals surface area contributed by atoms with E-state index in [9.17, 15) is 8.42 Å². The predicted octanol–water partition coefficient (Wildman–Crippen LogP) is 1.56. The molecule has 1 fully saturated rings. The number of hydrogen-bond donors (Lipinski definition) is 2. The van der Waals surface area contributed by atoms with E-state index in [0.717, 1.165) is 19.4 Å². The van der Waals surface area contributed by atoms with Gasteiger partial charge in [0.15, 0.2) is 0 Å². The van der Waals surface area contributed by atoms with Crippen molar-refractivity contribution in [3.05, 3.63) is 35.6 Å². The van der Waals surface area contributed by atoms with Crippen LogP contribution < -0.4 is 14.8 Å². The molecule has 0 unspecified atom stereocenters. The second-order valence-corrected chi connectivity index (χ2v) is 7.75. The average molecular weight is 371 g/mol. The van der Waals surface area contributed by atoms with Crippen molar-refractivity contribution in [2.24, 2.45) is 0 Å². The lowest BCUT2D eigenvalue weighted by atomic mass is 10.1. The predicted molar refractivity (Wildman–Crippen MR) is 91.3 cm³/mol. The maximum atomic E-state index is 12.5. The number of sulfonamides is 1. The molecule has 1 saturated heterocycles. The summed E-state index contributed by atoms with van der Waals surface area (Å²) in [6.07, 6.45) is 4.54. The number of ether oxygens (including phenoxy) is 1. The largest absolute Gasteiger partial charge is 0.494 e. The lowest BCUT2D eigenvalue weighted by molar-refractivity contribution is 0.411. The van der Waals surface area contributed by atoms with Gasteiger partial charge >= 0.3 is 0 Å². The van der Waals surface area contributed by atoms with Gasteiger partial charge in [0.25, 0.3) is 0 Å². The van der Waals surface area contributed by atoms with Gasteiger partial charge < -0.3 is 10.1 Å². The molecule has 0 amide bonds. The monoisotopic (exact) mass is 370 g/mol. The van der Waals surface area contributed by atoms with Gasteiger partial charge in [0.2, 0.25) is 10.0 Å². The summed E-state index contributed by atoms with van der Waals surface area (Å²) in [5.74, 6) is 0.552. The van der Waals surface area contributed by atoms with Crippen LogP contribution in [0.25, 0.3) is 5.69 Å². The van der Waals surface area contributed by atoms with Crippen LogP contribution in [0.1, 0.15) is 12.8 Å². The molecular formula is C15H19ClN4O3S. The van der Waals surface area contributed by atoms with Gasteiger partial charge in [-0.3, -0.25) is 0 Å². The number of nitrogens with zero attached hydrogens (tertiary/aromatic N) is 2. The zero-order chi connectivity index (χ0) is 17.2. The van der Waals surface area contributed by atoms with Crippen LogP contribution in [0.5, 0.6) is 5.75 Å². The Labute approximate surface area is 146 Å². The lowest BCUT2D eigenvalue weighted by Crippen LogP contribution is -2.45. The Morgan fingerprint density at radius 3 is 3.00 bits per heavy atom. The first-order chi connectivity index (χ1) is 11.5. The number of hydrogen-bond acceptors (Lipinski definition) is 5. The van der Waals surface area contributed by atoms with Crippen molar-refractivity contribution < 1.29 is 13.2 Å². The summed E-state index contributed by atoms with van der Waals surface area (Å²) in [7, 11) is -2.09. The summed E-state index contributed by atoms with van der Waals surface area (Å²) in [6.45, 7) is 1.56. The highest BCUT2D eigenvalue weighted by Crippen LogP contribution is 2.26. The van der Waals surface area contributed by atoms with Crippen LogP contribution in [0, 0.1) is 0 Å². The quantitative estimate of drug-likeness (QED) is 0.834. The minimum Gasteiger partial charge on any atom is -0.494 e. The maximum Gasteiger partial charge on any atom is 0.244 e. The van der Waals surface area contributed by atoms with E-state index in [1.54, 1.807) is 18.2 Å². The van der Waals surface area contributed by atoms with Gasteiger partial charge in [-0.1, -0.05) is 11.6 Å². The van der Waals surface area contributed by atoms with Gasteiger partial charge in [0, 0.05) is 17.6 Å². The number of rotatable bonds is 5. The average Bonchev–Trinajstić information content (AvgIpc) is 3.06. The highest BCUT2D eigenvalue weighted by atomic mass is 35.5. The Balaban J connectivity index is 1.86. The first-order valence-corrected chi connectivity index (χ1v) is 9.47. The molecule has 24 heavy (non-hydrogen) atoms. The highest BCUT2D eigenvalue weighted by Gasteiger charge is 2.23. The third kappa shape index (κ3) is 3.72. The van der Waals surface area contributed by atoms with E-state index >= 15 is 0 Å². The molecule has 0 radical (unpaired) electrons. The highest BCUT2D eigenvalue weighted by molar-refractivity contribution is 7.89. The number of piperidine rings is 1. The second kappa shape index (κ2) is 7.10. The summed E-state index contributed by atoms with van der Waals surface area (Å²) in [6, 6.07) is 4.97. The maximum absolute atomic E-state index is 12.5. The molecule has 2 aromatic rings. The van der Waals surface area contributed by atoms with Crippen LogP contribution in [0.15, 0.2) is 35.5 Å². The van der Waals surface area contributed by atoms with Crippen molar-refractivity contribution >= 4 is 21.6 Å². The zero-order valence-corrected chi connectivity index (χ0v) is 14.8. The number of aromatic nitrogens is 2. The van der Waals surface area contributed by atoms with E-state index in [0.29, 0.717) is 23.0 Å². The van der Waals surface area contributed by atoms with Crippen molar-refractivity contribution in [2.45, 2.75) is 23.8 Å². The SMILES string of the molecule is COc1ccc(Cl)cc1-n1cc(S(=O)(=O)N[C@H]2CCCNC2)cn1. The Hall–Kier alpha value is -1.61. The molecule has 1 atom stereocenters. The van der Waals surface area contributed by atoms with Crippen LogP contribution in [0.4, 0.5) is 0 Å². The zero-order valence-electron chi connectivity index (χ0n) is 13.2. The molecular weight excluding hydrogens is 352 g/mol. The molecule has 0 aliphatic carbocycles. The van der Waals surface area contributed by atoms with Crippen molar-refractivity contribution in [3.8, 4) is 11.4 Å². The van der Waals surface area contributed by atoms with E-state index in [4.69, 9.17) is 16.3 Å². The van der Waals surface area contributed by atoms with E-state index in [-0.39, 0.29) is 10.9 Å². The lowest BCUT2D eigenvalue weighted by Gasteiger charge is -2.23. The van der Waals surface area contributed by atoms with Crippen molar-refractivity contribution in [2.75, 3.05) is 20.2 Å². The van der Waals surface area contributed by atoms with Crippen LogP contribution in [0.2, 0.25) is 5.02 Å². The van der Waals surface area contributed by atoms with Gasteiger partial charge in [-0.05, 0) is 37.6 Å². The van der Waals surface area contributed by atoms with Gasteiger partial charge in [-0.25, -0.2) is 17.8 Å². The van der Waals surface area contributed by atoms with Gasteiger partial charge in [-0.15, -0.1) is 0 Å². The molecule has 1 aromatic heterocycles. The Morgan fingerprint density at radius 1 is 1.46 bits per heavy atom. The first-order valence-electron chi connectivity index (χ1n) is 7.61. The summed E-state index contributed by atoms with van der Waals surface area (Å²) < 4.78 is 34.5. The van der Waals surface area contributed by atoms with Gasteiger partial charge in [-0.2, -0.15) is 5.10 Å². The van der Waals surface area contributed by atoms with Crippen molar-refractivity contribution in [1.29, 1.82) is 0 Å². The molecule has 1 aliphatic rings. The number of benzene rings is 1. The smallest absolute Gasteiger partial charge is 0.244 e. The molecule has 0 saturated carbocycles. The van der Waals surface area contributed by atoms with Crippen LogP contribution in [-0.2, 0) is 10.0 Å². The Bertz CT molecular complexity index is 816. The van der Waals surface area contributed by atoms with E-state index in [1.807, 2.05) is 0 Å². The molecule has 130 valence electrons. The van der Waals surface area contributed by atoms with Gasteiger partial charge in [0.1, 0.15) is 16.3 Å². The van der Waals surface area contributed by atoms with Crippen LogP contribution in [0.3, 0.4) is 0 Å². The summed E-state index contributed by atoms with van der Waals surface area (Å²) in [4.78, 5) is 0.107. The van der Waals surface area contributed by atoms with E-state index < -0.39 is 10.0 Å². The Morgan fingerprint density at radius 2 is 2.29 bits per heavy atom. The van der Waals surface area contributed by atoms with Crippen LogP contribution in [-0.4, -0.2) is 44.4 Å². The summed E-state index contributed by atoms with van der Waals surface area (Å²) >= 11 is 6.02. The molecule has 1 aromatic carbocycles. The molecule has 2 N–H and O–H groups in total. The van der Waals surface area contributed by atoms with E-state index in [2.05, 4.69) is 15.1 Å². The van der Waals surface area contributed by atoms with Crippen LogP contribution >= 0.6 is 11.6 Å². The van der Waals surface area contributed by atoms with Crippen molar-refractivity contribution in [3.63, 3.8) is 0 Å². The molecule has 0 bridgehead atoms. The second-order valence-electron chi connectivity index (χ2n) is 5.60.